The molecule has 0 saturated heterocycles. The van der Waals surface area contributed by atoms with E-state index in [4.69, 9.17) is 4.42 Å². The summed E-state index contributed by atoms with van der Waals surface area (Å²) in [6.45, 7) is 0. The quantitative estimate of drug-likeness (QED) is 0.518. The van der Waals surface area contributed by atoms with Crippen molar-refractivity contribution in [3.8, 4) is 5.75 Å². The molecule has 1 amide bonds. The second-order valence-electron chi connectivity index (χ2n) is 6.88. The Bertz CT molecular complexity index is 1090. The van der Waals surface area contributed by atoms with Gasteiger partial charge in [-0.25, -0.2) is 4.68 Å². The summed E-state index contributed by atoms with van der Waals surface area (Å²) in [5.74, 6) is -1.19. The van der Waals surface area contributed by atoms with E-state index in [2.05, 4.69) is 20.5 Å². The molecular formula is C19H14F6N4O3. The number of benzene rings is 1. The molecule has 3 aromatic rings. The topological polar surface area (TPSA) is 81.3 Å². The van der Waals surface area contributed by atoms with Crippen molar-refractivity contribution < 1.29 is 40.3 Å². The summed E-state index contributed by atoms with van der Waals surface area (Å²) in [5.41, 5.74) is -0.0682. The number of hydrogen-bond acceptors (Lipinski definition) is 5. The number of amides is 1. The van der Waals surface area contributed by atoms with E-state index in [9.17, 15) is 31.1 Å². The first-order valence-corrected chi connectivity index (χ1v) is 9.12. The lowest BCUT2D eigenvalue weighted by Gasteiger charge is -2.32. The molecule has 0 saturated carbocycles. The third-order valence-electron chi connectivity index (χ3n) is 4.72. The van der Waals surface area contributed by atoms with E-state index in [-0.39, 0.29) is 22.8 Å². The van der Waals surface area contributed by atoms with Crippen LogP contribution in [0.1, 0.15) is 34.6 Å². The fourth-order valence-electron chi connectivity index (χ4n) is 3.34. The third-order valence-corrected chi connectivity index (χ3v) is 4.72. The number of furan rings is 1. The number of hydrogen-bond donors (Lipinski definition) is 2. The molecule has 1 aromatic carbocycles. The van der Waals surface area contributed by atoms with Crippen LogP contribution in [-0.2, 0) is 0 Å². The molecule has 2 N–H and O–H groups in total. The van der Waals surface area contributed by atoms with E-state index in [1.165, 1.54) is 18.4 Å². The summed E-state index contributed by atoms with van der Waals surface area (Å²) in [6, 6.07) is 4.50. The van der Waals surface area contributed by atoms with Gasteiger partial charge in [0.15, 0.2) is 6.04 Å². The van der Waals surface area contributed by atoms with Gasteiger partial charge in [-0.05, 0) is 36.4 Å². The van der Waals surface area contributed by atoms with Gasteiger partial charge >= 0.3 is 12.5 Å². The molecule has 0 bridgehead atoms. The van der Waals surface area contributed by atoms with Crippen LogP contribution in [0.2, 0.25) is 0 Å². The van der Waals surface area contributed by atoms with Crippen LogP contribution in [0.5, 0.6) is 5.75 Å². The Morgan fingerprint density at radius 2 is 1.88 bits per heavy atom. The van der Waals surface area contributed by atoms with E-state index in [1.807, 2.05) is 0 Å². The number of nitrogens with one attached hydrogen (secondary N) is 2. The minimum atomic E-state index is -4.87. The largest absolute Gasteiger partial charge is 0.573 e. The van der Waals surface area contributed by atoms with Gasteiger partial charge in [-0.1, -0.05) is 0 Å². The van der Waals surface area contributed by atoms with Gasteiger partial charge < -0.3 is 19.8 Å². The number of alkyl halides is 6. The summed E-state index contributed by atoms with van der Waals surface area (Å²) in [7, 11) is 0. The van der Waals surface area contributed by atoms with E-state index in [0.717, 1.165) is 30.5 Å². The molecule has 32 heavy (non-hydrogen) atoms. The van der Waals surface area contributed by atoms with Gasteiger partial charge in [-0.2, -0.15) is 18.3 Å². The Morgan fingerprint density at radius 1 is 1.16 bits per heavy atom. The van der Waals surface area contributed by atoms with E-state index in [0.29, 0.717) is 4.68 Å². The fourth-order valence-corrected chi connectivity index (χ4v) is 3.34. The molecule has 2 aromatic heterocycles. The predicted octanol–water partition coefficient (Wildman–Crippen LogP) is 5.29. The van der Waals surface area contributed by atoms with E-state index in [1.54, 1.807) is 0 Å². The van der Waals surface area contributed by atoms with Gasteiger partial charge in [0, 0.05) is 12.1 Å². The molecule has 3 heterocycles. The first kappa shape index (κ1) is 21.6. The summed E-state index contributed by atoms with van der Waals surface area (Å²) in [4.78, 5) is 12.7. The molecule has 0 unspecified atom stereocenters. The molecule has 170 valence electrons. The number of carbonyl (C=O) groups is 1. The summed E-state index contributed by atoms with van der Waals surface area (Å²) in [6.07, 6.45) is -7.58. The highest BCUT2D eigenvalue weighted by molar-refractivity contribution is 6.07. The van der Waals surface area contributed by atoms with Crippen molar-refractivity contribution in [3.05, 3.63) is 60.2 Å². The number of carbonyl (C=O) groups excluding carboxylic acids is 1. The van der Waals surface area contributed by atoms with Gasteiger partial charge in [-0.15, -0.1) is 13.2 Å². The fraction of sp³-hybridized carbons (Fsp3) is 0.263. The standard InChI is InChI=1S/C19H14F6N4O3/c20-18(21,22)15-8-13(14-2-1-7-31-14)28-16-12(9-26-29(15)16)17(30)27-10-3-5-11(6-4-10)32-19(23,24)25/h1-7,9,13,15,28H,8H2,(H,27,30)/t13-,15-/m1/s1. The lowest BCUT2D eigenvalue weighted by Crippen LogP contribution is -2.36. The molecule has 0 spiro atoms. The van der Waals surface area contributed by atoms with Gasteiger partial charge in [0.05, 0.1) is 18.5 Å². The number of ether oxygens (including phenoxy) is 1. The second kappa shape index (κ2) is 7.80. The van der Waals surface area contributed by atoms with Crippen molar-refractivity contribution in [2.24, 2.45) is 0 Å². The number of anilines is 2. The Labute approximate surface area is 175 Å². The molecule has 4 rings (SSSR count). The predicted molar refractivity (Wildman–Crippen MR) is 98.1 cm³/mol. The maximum Gasteiger partial charge on any atom is 0.573 e. The molecule has 13 heteroatoms. The molecule has 7 nitrogen and oxygen atoms in total. The van der Waals surface area contributed by atoms with Gasteiger partial charge in [0.1, 0.15) is 22.9 Å². The molecular weight excluding hydrogens is 446 g/mol. The summed E-state index contributed by atoms with van der Waals surface area (Å²) in [5, 5.41) is 9.00. The summed E-state index contributed by atoms with van der Waals surface area (Å²) < 4.78 is 87.3. The molecule has 0 radical (unpaired) electrons. The summed E-state index contributed by atoms with van der Waals surface area (Å²) >= 11 is 0. The smallest absolute Gasteiger partial charge is 0.467 e. The van der Waals surface area contributed by atoms with Crippen LogP contribution in [0, 0.1) is 0 Å². The molecule has 1 aliphatic heterocycles. The first-order valence-electron chi connectivity index (χ1n) is 9.12. The lowest BCUT2D eigenvalue weighted by molar-refractivity contribution is -0.274. The van der Waals surface area contributed by atoms with Crippen LogP contribution >= 0.6 is 0 Å². The maximum atomic E-state index is 13.6. The van der Waals surface area contributed by atoms with Gasteiger partial charge in [-0.3, -0.25) is 4.79 Å². The van der Waals surface area contributed by atoms with Crippen LogP contribution in [0.15, 0.2) is 53.3 Å². The molecule has 2 atom stereocenters. The zero-order chi connectivity index (χ0) is 23.1. The molecule has 0 fully saturated rings. The number of rotatable bonds is 4. The van der Waals surface area contributed by atoms with Crippen molar-refractivity contribution in [2.75, 3.05) is 10.6 Å². The zero-order valence-electron chi connectivity index (χ0n) is 15.9. The average molecular weight is 460 g/mol. The van der Waals surface area contributed by atoms with Crippen molar-refractivity contribution in [2.45, 2.75) is 31.0 Å². The average Bonchev–Trinajstić information content (AvgIpc) is 3.36. The minimum absolute atomic E-state index is 0.107. The maximum absolute atomic E-state index is 13.6. The van der Waals surface area contributed by atoms with Crippen LogP contribution < -0.4 is 15.4 Å². The zero-order valence-corrected chi connectivity index (χ0v) is 15.9. The molecule has 0 aliphatic carbocycles. The number of halogens is 6. The van der Waals surface area contributed by atoms with Crippen LogP contribution in [0.25, 0.3) is 0 Å². The minimum Gasteiger partial charge on any atom is -0.467 e. The van der Waals surface area contributed by atoms with Crippen molar-refractivity contribution in [3.63, 3.8) is 0 Å². The van der Waals surface area contributed by atoms with Crippen LogP contribution in [-0.4, -0.2) is 28.2 Å². The number of nitrogens with zero attached hydrogens (tertiary/aromatic N) is 2. The second-order valence-corrected chi connectivity index (χ2v) is 6.88. The van der Waals surface area contributed by atoms with Crippen molar-refractivity contribution in [1.82, 2.24) is 9.78 Å². The highest BCUT2D eigenvalue weighted by Gasteiger charge is 2.47. The SMILES string of the molecule is O=C(Nc1ccc(OC(F)(F)F)cc1)c1cnn2c1N[C@@H](c1ccco1)C[C@@H]2C(F)(F)F. The van der Waals surface area contributed by atoms with Crippen LogP contribution in [0.4, 0.5) is 37.8 Å². The monoisotopic (exact) mass is 460 g/mol. The number of fused-ring (bicyclic) bond motifs is 1. The Kier molecular flexibility index (Phi) is 5.26. The Hall–Kier alpha value is -3.64. The molecule has 1 aliphatic rings. The Balaban J connectivity index is 1.58. The third kappa shape index (κ3) is 4.50. The van der Waals surface area contributed by atoms with E-state index >= 15 is 0 Å². The lowest BCUT2D eigenvalue weighted by atomic mass is 10.0. The van der Waals surface area contributed by atoms with Crippen molar-refractivity contribution >= 4 is 17.4 Å². The highest BCUT2D eigenvalue weighted by Crippen LogP contribution is 2.44. The highest BCUT2D eigenvalue weighted by atomic mass is 19.4. The van der Waals surface area contributed by atoms with Crippen molar-refractivity contribution in [1.29, 1.82) is 0 Å². The van der Waals surface area contributed by atoms with Gasteiger partial charge in [0.2, 0.25) is 0 Å². The number of aromatic nitrogens is 2. The van der Waals surface area contributed by atoms with E-state index < -0.39 is 42.7 Å². The normalized spacial score (nSPS) is 18.6. The Morgan fingerprint density at radius 3 is 2.47 bits per heavy atom. The first-order chi connectivity index (χ1) is 15.0. The van der Waals surface area contributed by atoms with Crippen LogP contribution in [0.3, 0.4) is 0 Å². The van der Waals surface area contributed by atoms with Gasteiger partial charge in [0.25, 0.3) is 5.91 Å².